The average molecular weight is 420 g/mol. The van der Waals surface area contributed by atoms with Gasteiger partial charge in [-0.05, 0) is 41.0 Å². The summed E-state index contributed by atoms with van der Waals surface area (Å²) >= 11 is 6.16. The number of aromatic nitrogens is 1. The second kappa shape index (κ2) is 7.51. The SMILES string of the molecule is O=C1c2ccccc2CC2(c3ccc(Cl)cc3)N1CCN2C(O)Cc1cccnc1. The number of nitrogens with zero attached hydrogens (tertiary/aromatic N) is 3. The number of amides is 1. The van der Waals surface area contributed by atoms with E-state index in [2.05, 4.69) is 9.88 Å². The summed E-state index contributed by atoms with van der Waals surface area (Å²) in [5.41, 5.74) is 2.90. The monoisotopic (exact) mass is 419 g/mol. The van der Waals surface area contributed by atoms with E-state index < -0.39 is 11.9 Å². The van der Waals surface area contributed by atoms with Crippen LogP contribution in [0.2, 0.25) is 5.02 Å². The molecule has 3 heterocycles. The van der Waals surface area contributed by atoms with Gasteiger partial charge in [-0.3, -0.25) is 9.78 Å². The van der Waals surface area contributed by atoms with Gasteiger partial charge in [-0.2, -0.15) is 0 Å². The molecule has 1 saturated heterocycles. The molecule has 1 aromatic heterocycles. The van der Waals surface area contributed by atoms with Crippen LogP contribution in [0.5, 0.6) is 0 Å². The number of benzene rings is 2. The molecular formula is C24H22ClN3O2. The van der Waals surface area contributed by atoms with Crippen LogP contribution < -0.4 is 0 Å². The molecule has 2 unspecified atom stereocenters. The van der Waals surface area contributed by atoms with E-state index in [1.165, 1.54) is 0 Å². The molecule has 0 aliphatic carbocycles. The minimum absolute atomic E-state index is 0.00266. The van der Waals surface area contributed by atoms with Crippen molar-refractivity contribution in [3.63, 3.8) is 0 Å². The lowest BCUT2D eigenvalue weighted by Crippen LogP contribution is -2.59. The molecule has 30 heavy (non-hydrogen) atoms. The van der Waals surface area contributed by atoms with Crippen molar-refractivity contribution in [3.8, 4) is 0 Å². The first kappa shape index (κ1) is 19.2. The van der Waals surface area contributed by atoms with E-state index in [-0.39, 0.29) is 5.91 Å². The number of halogens is 1. The number of carbonyl (C=O) groups is 1. The van der Waals surface area contributed by atoms with E-state index in [0.29, 0.717) is 31.0 Å². The number of pyridine rings is 1. The van der Waals surface area contributed by atoms with Crippen LogP contribution in [0.15, 0.2) is 73.1 Å². The first-order chi connectivity index (χ1) is 14.6. The van der Waals surface area contributed by atoms with Gasteiger partial charge < -0.3 is 10.0 Å². The molecule has 5 rings (SSSR count). The Kier molecular flexibility index (Phi) is 4.82. The maximum Gasteiger partial charge on any atom is 0.255 e. The van der Waals surface area contributed by atoms with Gasteiger partial charge in [0.15, 0.2) is 0 Å². The molecule has 3 aromatic rings. The Morgan fingerprint density at radius 2 is 1.87 bits per heavy atom. The molecule has 1 N–H and O–H groups in total. The Hall–Kier alpha value is -2.73. The van der Waals surface area contributed by atoms with Crippen molar-refractivity contribution in [2.45, 2.75) is 24.7 Å². The van der Waals surface area contributed by atoms with Crippen LogP contribution in [0.25, 0.3) is 0 Å². The van der Waals surface area contributed by atoms with Crippen LogP contribution in [0.1, 0.15) is 27.0 Å². The van der Waals surface area contributed by atoms with Crippen molar-refractivity contribution in [2.75, 3.05) is 13.1 Å². The summed E-state index contributed by atoms with van der Waals surface area (Å²) in [7, 11) is 0. The van der Waals surface area contributed by atoms with Crippen molar-refractivity contribution < 1.29 is 9.90 Å². The predicted molar refractivity (Wildman–Crippen MR) is 115 cm³/mol. The number of rotatable bonds is 4. The third kappa shape index (κ3) is 3.01. The van der Waals surface area contributed by atoms with Crippen molar-refractivity contribution in [1.29, 1.82) is 0 Å². The van der Waals surface area contributed by atoms with Gasteiger partial charge in [0.2, 0.25) is 0 Å². The van der Waals surface area contributed by atoms with Crippen LogP contribution in [-0.4, -0.2) is 45.1 Å². The largest absolute Gasteiger partial charge is 0.378 e. The van der Waals surface area contributed by atoms with Crippen molar-refractivity contribution in [3.05, 3.63) is 100 Å². The Bertz CT molecular complexity index is 1070. The van der Waals surface area contributed by atoms with Crippen molar-refractivity contribution >= 4 is 17.5 Å². The highest BCUT2D eigenvalue weighted by Crippen LogP contribution is 2.45. The lowest BCUT2D eigenvalue weighted by molar-refractivity contribution is -0.0874. The summed E-state index contributed by atoms with van der Waals surface area (Å²) in [6.45, 7) is 1.14. The number of fused-ring (bicyclic) bond motifs is 2. The Labute approximate surface area is 180 Å². The molecule has 0 radical (unpaired) electrons. The van der Waals surface area contributed by atoms with Crippen LogP contribution in [0.3, 0.4) is 0 Å². The molecule has 152 valence electrons. The molecule has 1 amide bonds. The number of carbonyl (C=O) groups excluding carboxylic acids is 1. The second-order valence-corrected chi connectivity index (χ2v) is 8.29. The predicted octanol–water partition coefficient (Wildman–Crippen LogP) is 3.46. The first-order valence-electron chi connectivity index (χ1n) is 10.1. The van der Waals surface area contributed by atoms with Gasteiger partial charge in [0.25, 0.3) is 5.91 Å². The fourth-order valence-electron chi connectivity index (χ4n) is 4.87. The van der Waals surface area contributed by atoms with Crippen molar-refractivity contribution in [1.82, 2.24) is 14.8 Å². The standard InChI is InChI=1S/C24H22ClN3O2/c25-20-9-7-19(8-10-20)24-15-18-5-1-2-6-21(18)23(30)28(24)13-12-27(24)22(29)14-17-4-3-11-26-16-17/h1-11,16,22,29H,12-15H2. The van der Waals surface area contributed by atoms with E-state index in [9.17, 15) is 9.90 Å². The van der Waals surface area contributed by atoms with Gasteiger partial charge in [0.05, 0.1) is 0 Å². The van der Waals surface area contributed by atoms with Crippen LogP contribution in [-0.2, 0) is 18.5 Å². The average Bonchev–Trinajstić information content (AvgIpc) is 3.16. The zero-order valence-electron chi connectivity index (χ0n) is 16.4. The topological polar surface area (TPSA) is 56.7 Å². The van der Waals surface area contributed by atoms with Gasteiger partial charge in [0, 0.05) is 48.9 Å². The highest BCUT2D eigenvalue weighted by molar-refractivity contribution is 6.30. The van der Waals surface area contributed by atoms with Crippen molar-refractivity contribution in [2.24, 2.45) is 0 Å². The molecule has 1 fully saturated rings. The molecule has 6 heteroatoms. The lowest BCUT2D eigenvalue weighted by atomic mass is 9.83. The molecule has 2 aliphatic rings. The van der Waals surface area contributed by atoms with Gasteiger partial charge in [-0.15, -0.1) is 0 Å². The minimum Gasteiger partial charge on any atom is -0.378 e. The molecule has 2 aromatic carbocycles. The second-order valence-electron chi connectivity index (χ2n) is 7.85. The Balaban J connectivity index is 1.61. The Morgan fingerprint density at radius 1 is 1.07 bits per heavy atom. The highest BCUT2D eigenvalue weighted by atomic mass is 35.5. The molecular weight excluding hydrogens is 398 g/mol. The van der Waals surface area contributed by atoms with E-state index in [1.807, 2.05) is 65.6 Å². The van der Waals surface area contributed by atoms with Crippen LogP contribution >= 0.6 is 11.6 Å². The van der Waals surface area contributed by atoms with Gasteiger partial charge in [-0.25, -0.2) is 4.90 Å². The molecule has 0 spiro atoms. The number of aliphatic hydroxyl groups is 1. The summed E-state index contributed by atoms with van der Waals surface area (Å²) < 4.78 is 0. The van der Waals surface area contributed by atoms with Gasteiger partial charge in [-0.1, -0.05) is 48.0 Å². The normalized spacial score (nSPS) is 21.9. The lowest BCUT2D eigenvalue weighted by Gasteiger charge is -2.49. The first-order valence-corrected chi connectivity index (χ1v) is 10.5. The van der Waals surface area contributed by atoms with Crippen LogP contribution in [0, 0.1) is 0 Å². The number of hydrogen-bond donors (Lipinski definition) is 1. The number of aliphatic hydroxyl groups excluding tert-OH is 1. The maximum atomic E-state index is 13.5. The third-order valence-electron chi connectivity index (χ3n) is 6.22. The quantitative estimate of drug-likeness (QED) is 0.703. The smallest absolute Gasteiger partial charge is 0.255 e. The summed E-state index contributed by atoms with van der Waals surface area (Å²) in [4.78, 5) is 21.6. The summed E-state index contributed by atoms with van der Waals surface area (Å²) in [6, 6.07) is 19.2. The minimum atomic E-state index is -0.757. The zero-order chi connectivity index (χ0) is 20.7. The van der Waals surface area contributed by atoms with E-state index >= 15 is 0 Å². The molecule has 0 saturated carbocycles. The van der Waals surface area contributed by atoms with E-state index in [1.54, 1.807) is 12.4 Å². The number of hydrogen-bond acceptors (Lipinski definition) is 4. The van der Waals surface area contributed by atoms with Gasteiger partial charge >= 0.3 is 0 Å². The molecule has 2 aliphatic heterocycles. The molecule has 2 atom stereocenters. The van der Waals surface area contributed by atoms with E-state index in [0.717, 1.165) is 22.3 Å². The molecule has 0 bridgehead atoms. The summed E-state index contributed by atoms with van der Waals surface area (Å²) in [6.07, 6.45) is 3.79. The molecule has 5 nitrogen and oxygen atoms in total. The maximum absolute atomic E-state index is 13.5. The third-order valence-corrected chi connectivity index (χ3v) is 6.48. The van der Waals surface area contributed by atoms with Gasteiger partial charge in [0.1, 0.15) is 11.9 Å². The highest BCUT2D eigenvalue weighted by Gasteiger charge is 2.55. The zero-order valence-corrected chi connectivity index (χ0v) is 17.2. The summed E-state index contributed by atoms with van der Waals surface area (Å²) in [5, 5.41) is 11.9. The van der Waals surface area contributed by atoms with Crippen LogP contribution in [0.4, 0.5) is 0 Å². The Morgan fingerprint density at radius 3 is 2.63 bits per heavy atom. The summed E-state index contributed by atoms with van der Waals surface area (Å²) in [5.74, 6) is 0.00266. The van der Waals surface area contributed by atoms with E-state index in [4.69, 9.17) is 11.6 Å². The fraction of sp³-hybridized carbons (Fsp3) is 0.250. The fourth-order valence-corrected chi connectivity index (χ4v) is 5.00.